The van der Waals surface area contributed by atoms with Crippen LogP contribution in [0.25, 0.3) is 5.57 Å². The van der Waals surface area contributed by atoms with Crippen molar-refractivity contribution >= 4 is 11.4 Å². The number of rotatable bonds is 9. The second kappa shape index (κ2) is 13.2. The lowest BCUT2D eigenvalue weighted by atomic mass is 9.75. The van der Waals surface area contributed by atoms with Gasteiger partial charge in [-0.05, 0) is 68.2 Å². The van der Waals surface area contributed by atoms with Crippen molar-refractivity contribution in [3.63, 3.8) is 0 Å². The number of hydrogen-bond donors (Lipinski definition) is 0. The zero-order valence-corrected chi connectivity index (χ0v) is 28.3. The van der Waals surface area contributed by atoms with Crippen LogP contribution in [0.5, 0.6) is 5.88 Å². The van der Waals surface area contributed by atoms with E-state index < -0.39 is 0 Å². The number of ether oxygens (including phenoxy) is 3. The number of aromatic nitrogens is 2. The molecule has 1 spiro atoms. The van der Waals surface area contributed by atoms with Gasteiger partial charge >= 0.3 is 0 Å². The van der Waals surface area contributed by atoms with Gasteiger partial charge in [-0.2, -0.15) is 5.26 Å². The van der Waals surface area contributed by atoms with Gasteiger partial charge in [-0.15, -0.1) is 0 Å². The second-order valence-electron chi connectivity index (χ2n) is 14.5. The number of hydrogen-bond acceptors (Lipinski definition) is 10. The van der Waals surface area contributed by atoms with Crippen LogP contribution in [-0.2, 0) is 16.0 Å². The minimum atomic E-state index is 0.117. The molecular weight excluding hydrogens is 602 g/mol. The molecule has 0 amide bonds. The zero-order chi connectivity index (χ0) is 32.7. The number of nitrogens with zero attached hydrogens (tertiary/aromatic N) is 7. The molecule has 4 saturated heterocycles. The molecule has 3 atom stereocenters. The molecule has 9 rings (SSSR count). The highest BCUT2D eigenvalue weighted by molar-refractivity contribution is 5.83. The Balaban J connectivity index is 0.931. The van der Waals surface area contributed by atoms with Gasteiger partial charge in [0.25, 0.3) is 0 Å². The second-order valence-corrected chi connectivity index (χ2v) is 14.5. The number of nitriles is 1. The van der Waals surface area contributed by atoms with Gasteiger partial charge in [0.05, 0.1) is 49.4 Å². The minimum absolute atomic E-state index is 0.117. The van der Waals surface area contributed by atoms with E-state index in [2.05, 4.69) is 55.1 Å². The molecule has 10 heteroatoms. The van der Waals surface area contributed by atoms with E-state index in [0.717, 1.165) is 73.1 Å². The minimum Gasteiger partial charge on any atom is -0.492 e. The average Bonchev–Trinajstić information content (AvgIpc) is 3.46. The summed E-state index contributed by atoms with van der Waals surface area (Å²) in [5.74, 6) is 3.12. The molecule has 1 saturated carbocycles. The summed E-state index contributed by atoms with van der Waals surface area (Å²) >= 11 is 0. The molecule has 2 bridgehead atoms. The molecule has 0 N–H and O–H groups in total. The Morgan fingerprint density at radius 3 is 2.65 bits per heavy atom. The fourth-order valence-corrected chi connectivity index (χ4v) is 8.86. The van der Waals surface area contributed by atoms with Crippen LogP contribution in [0, 0.1) is 17.2 Å². The highest BCUT2D eigenvalue weighted by Crippen LogP contribution is 2.43. The van der Waals surface area contributed by atoms with Crippen LogP contribution >= 0.6 is 0 Å². The summed E-state index contributed by atoms with van der Waals surface area (Å²) in [4.78, 5) is 14.4. The third kappa shape index (κ3) is 6.08. The topological polar surface area (TPSA) is 90.2 Å². The number of anilines is 1. The number of fused-ring (bicyclic) bond motifs is 3. The Morgan fingerprint density at radius 2 is 1.92 bits per heavy atom. The Labute approximate surface area is 284 Å². The fourth-order valence-electron chi connectivity index (χ4n) is 8.86. The zero-order valence-electron chi connectivity index (χ0n) is 28.3. The van der Waals surface area contributed by atoms with Gasteiger partial charge in [-0.1, -0.05) is 25.3 Å². The van der Waals surface area contributed by atoms with Gasteiger partial charge in [0.1, 0.15) is 11.6 Å². The van der Waals surface area contributed by atoms with Crippen molar-refractivity contribution in [2.75, 3.05) is 51.9 Å². The molecule has 48 heavy (non-hydrogen) atoms. The molecule has 2 aromatic heterocycles. The lowest BCUT2D eigenvalue weighted by Gasteiger charge is -2.56. The summed E-state index contributed by atoms with van der Waals surface area (Å²) in [6, 6.07) is 11.8. The maximum Gasteiger partial charge on any atom is 0.212 e. The molecular formula is C38H47N7O3. The van der Waals surface area contributed by atoms with E-state index in [1.807, 2.05) is 31.7 Å². The molecule has 2 aromatic rings. The molecule has 3 unspecified atom stereocenters. The van der Waals surface area contributed by atoms with Gasteiger partial charge in [-0.25, -0.2) is 15.0 Å². The van der Waals surface area contributed by atoms with Crippen molar-refractivity contribution in [2.45, 2.75) is 82.0 Å². The van der Waals surface area contributed by atoms with E-state index >= 15 is 0 Å². The average molecular weight is 650 g/mol. The SMILES string of the molecule is COc1ccc(CN2C3CC2CN(c2ccc(C4=CC(OCCC5CCOC6(CCCCC6)C5)=CN5C4=C(C#N)CN5C)cn2)C3)cn1. The third-order valence-electron chi connectivity index (χ3n) is 11.4. The van der Waals surface area contributed by atoms with Gasteiger partial charge in [0, 0.05) is 75.0 Å². The van der Waals surface area contributed by atoms with Crippen LogP contribution in [0.3, 0.4) is 0 Å². The monoisotopic (exact) mass is 649 g/mol. The predicted octanol–water partition coefficient (Wildman–Crippen LogP) is 5.66. The van der Waals surface area contributed by atoms with Crippen molar-refractivity contribution in [1.29, 1.82) is 5.26 Å². The Morgan fingerprint density at radius 1 is 1.06 bits per heavy atom. The molecule has 6 aliphatic heterocycles. The van der Waals surface area contributed by atoms with Gasteiger partial charge in [-0.3, -0.25) is 9.91 Å². The highest BCUT2D eigenvalue weighted by atomic mass is 16.5. The Hall–Kier alpha value is -3.91. The van der Waals surface area contributed by atoms with E-state index in [1.54, 1.807) is 7.11 Å². The van der Waals surface area contributed by atoms with Crippen LogP contribution in [0.15, 0.2) is 66.0 Å². The predicted molar refractivity (Wildman–Crippen MR) is 183 cm³/mol. The summed E-state index contributed by atoms with van der Waals surface area (Å²) in [5, 5.41) is 14.2. The molecule has 7 aliphatic rings. The van der Waals surface area contributed by atoms with E-state index in [1.165, 1.54) is 50.5 Å². The van der Waals surface area contributed by atoms with E-state index in [9.17, 15) is 5.26 Å². The summed E-state index contributed by atoms with van der Waals surface area (Å²) in [5.41, 5.74) is 5.00. The molecule has 0 aromatic carbocycles. The lowest BCUT2D eigenvalue weighted by molar-refractivity contribution is -0.119. The number of pyridine rings is 2. The quantitative estimate of drug-likeness (QED) is 0.339. The first-order valence-electron chi connectivity index (χ1n) is 17.8. The summed E-state index contributed by atoms with van der Waals surface area (Å²) in [7, 11) is 3.67. The van der Waals surface area contributed by atoms with E-state index in [-0.39, 0.29) is 5.60 Å². The summed E-state index contributed by atoms with van der Waals surface area (Å²) < 4.78 is 18.0. The first-order chi connectivity index (χ1) is 23.5. The largest absolute Gasteiger partial charge is 0.492 e. The van der Waals surface area contributed by atoms with Crippen LogP contribution in [-0.4, -0.2) is 89.6 Å². The normalized spacial score (nSPS) is 26.8. The molecule has 0 radical (unpaired) electrons. The first kappa shape index (κ1) is 31.4. The number of methoxy groups -OCH3 is 1. The van der Waals surface area contributed by atoms with Crippen molar-refractivity contribution in [3.8, 4) is 11.9 Å². The lowest BCUT2D eigenvalue weighted by Crippen LogP contribution is -2.68. The molecule has 10 nitrogen and oxygen atoms in total. The highest BCUT2D eigenvalue weighted by Gasteiger charge is 2.45. The van der Waals surface area contributed by atoms with Crippen molar-refractivity contribution in [2.24, 2.45) is 5.92 Å². The smallest absolute Gasteiger partial charge is 0.212 e. The van der Waals surface area contributed by atoms with Crippen molar-refractivity contribution in [3.05, 3.63) is 77.1 Å². The summed E-state index contributed by atoms with van der Waals surface area (Å²) in [6.07, 6.45) is 18.9. The number of piperazine rings is 1. The number of hydrazine groups is 1. The molecule has 5 fully saturated rings. The van der Waals surface area contributed by atoms with Crippen molar-refractivity contribution in [1.82, 2.24) is 24.9 Å². The Kier molecular flexibility index (Phi) is 8.62. The molecule has 252 valence electrons. The Bertz CT molecular complexity index is 1610. The van der Waals surface area contributed by atoms with E-state index in [4.69, 9.17) is 19.2 Å². The van der Waals surface area contributed by atoms with Crippen LogP contribution in [0.1, 0.15) is 68.9 Å². The number of allylic oxidation sites excluding steroid dienone is 2. The first-order valence-corrected chi connectivity index (χ1v) is 17.8. The summed E-state index contributed by atoms with van der Waals surface area (Å²) in [6.45, 7) is 4.97. The maximum absolute atomic E-state index is 10.0. The van der Waals surface area contributed by atoms with E-state index in [0.29, 0.717) is 37.0 Å². The van der Waals surface area contributed by atoms with Gasteiger partial charge in [0.15, 0.2) is 0 Å². The third-order valence-corrected chi connectivity index (χ3v) is 11.4. The van der Waals surface area contributed by atoms with Crippen molar-refractivity contribution < 1.29 is 14.2 Å². The number of likely N-dealkylation sites (N-methyl/N-ethyl adjacent to an activating group) is 1. The van der Waals surface area contributed by atoms with Gasteiger partial charge < -0.3 is 19.1 Å². The van der Waals surface area contributed by atoms with Gasteiger partial charge in [0.2, 0.25) is 5.88 Å². The van der Waals surface area contributed by atoms with Crippen LogP contribution < -0.4 is 9.64 Å². The van der Waals surface area contributed by atoms with Crippen LogP contribution in [0.4, 0.5) is 5.82 Å². The van der Waals surface area contributed by atoms with Crippen LogP contribution in [0.2, 0.25) is 0 Å². The molecule has 8 heterocycles. The molecule has 1 aliphatic carbocycles. The maximum atomic E-state index is 10.0. The standard InChI is InChI=1S/C38H47N7O3/c1-42-23-30(19-39)37-34(17-33(26-45(37)42)47-14-10-27-11-15-48-38(18-27)12-4-3-5-13-38)29-7-8-35(40-21-29)43-24-31-16-32(25-43)44(31)22-28-6-9-36(46-2)41-20-28/h6-9,17,20-21,26-27,31-32H,3-5,10-16,18,22-25H2,1-2H3. The fraction of sp³-hybridized carbons (Fsp3) is 0.553. The number of piperidine rings is 1.